The highest BCUT2D eigenvalue weighted by molar-refractivity contribution is 5.37. The Morgan fingerprint density at radius 3 is 2.86 bits per heavy atom. The highest BCUT2D eigenvalue weighted by atomic mass is 19.1. The minimum absolute atomic E-state index is 0.275. The van der Waals surface area contributed by atoms with Crippen LogP contribution in [0.2, 0.25) is 0 Å². The van der Waals surface area contributed by atoms with E-state index >= 15 is 0 Å². The molecule has 3 unspecified atom stereocenters. The van der Waals surface area contributed by atoms with Crippen molar-refractivity contribution in [1.29, 1.82) is 0 Å². The van der Waals surface area contributed by atoms with E-state index in [4.69, 9.17) is 10.5 Å². The first-order chi connectivity index (χ1) is 10.1. The quantitative estimate of drug-likeness (QED) is 0.873. The summed E-state index contributed by atoms with van der Waals surface area (Å²) in [5.74, 6) is 0.271. The maximum absolute atomic E-state index is 14.0. The number of rotatable bonds is 6. The van der Waals surface area contributed by atoms with Crippen LogP contribution in [0.15, 0.2) is 18.2 Å². The Bertz CT molecular complexity index is 466. The van der Waals surface area contributed by atoms with Gasteiger partial charge in [0, 0.05) is 30.2 Å². The van der Waals surface area contributed by atoms with Gasteiger partial charge in [0.05, 0.1) is 7.11 Å². The molecule has 0 bridgehead atoms. The average molecular weight is 294 g/mol. The van der Waals surface area contributed by atoms with Gasteiger partial charge in [-0.2, -0.15) is 0 Å². The SMILES string of the molecule is CCC1CCC(C)N1CCC(N)c1c(F)cccc1OC. The first-order valence-corrected chi connectivity index (χ1v) is 7.92. The van der Waals surface area contributed by atoms with Gasteiger partial charge in [-0.3, -0.25) is 4.90 Å². The molecule has 1 aliphatic heterocycles. The summed E-state index contributed by atoms with van der Waals surface area (Å²) in [6, 6.07) is 5.79. The molecule has 1 fully saturated rings. The van der Waals surface area contributed by atoms with Crippen LogP contribution >= 0.6 is 0 Å². The summed E-state index contributed by atoms with van der Waals surface area (Å²) in [5, 5.41) is 0. The monoisotopic (exact) mass is 294 g/mol. The lowest BCUT2D eigenvalue weighted by Crippen LogP contribution is -2.36. The van der Waals surface area contributed by atoms with Crippen molar-refractivity contribution in [1.82, 2.24) is 4.90 Å². The molecule has 1 aliphatic rings. The zero-order chi connectivity index (χ0) is 15.4. The van der Waals surface area contributed by atoms with Gasteiger partial charge in [-0.1, -0.05) is 13.0 Å². The summed E-state index contributed by atoms with van der Waals surface area (Å²) in [5.41, 5.74) is 6.74. The lowest BCUT2D eigenvalue weighted by molar-refractivity contribution is 0.191. The smallest absolute Gasteiger partial charge is 0.131 e. The second-order valence-electron chi connectivity index (χ2n) is 5.98. The van der Waals surface area contributed by atoms with E-state index in [2.05, 4.69) is 18.7 Å². The van der Waals surface area contributed by atoms with Crippen LogP contribution in [0.25, 0.3) is 0 Å². The van der Waals surface area contributed by atoms with E-state index in [0.29, 0.717) is 23.4 Å². The Labute approximate surface area is 127 Å². The second kappa shape index (κ2) is 7.23. The summed E-state index contributed by atoms with van der Waals surface area (Å²) < 4.78 is 19.3. The molecule has 3 nitrogen and oxygen atoms in total. The minimum Gasteiger partial charge on any atom is -0.496 e. The maximum Gasteiger partial charge on any atom is 0.131 e. The normalized spacial score (nSPS) is 24.2. The van der Waals surface area contributed by atoms with Crippen molar-refractivity contribution < 1.29 is 9.13 Å². The van der Waals surface area contributed by atoms with Crippen LogP contribution in [-0.2, 0) is 0 Å². The number of methoxy groups -OCH3 is 1. The van der Waals surface area contributed by atoms with E-state index < -0.39 is 0 Å². The Morgan fingerprint density at radius 1 is 1.43 bits per heavy atom. The van der Waals surface area contributed by atoms with Gasteiger partial charge in [-0.05, 0) is 44.7 Å². The molecule has 1 aromatic rings. The predicted octanol–water partition coefficient (Wildman–Crippen LogP) is 3.49. The molecule has 21 heavy (non-hydrogen) atoms. The number of ether oxygens (including phenoxy) is 1. The molecule has 2 rings (SSSR count). The van der Waals surface area contributed by atoms with Gasteiger partial charge >= 0.3 is 0 Å². The number of nitrogens with two attached hydrogens (primary N) is 1. The first-order valence-electron chi connectivity index (χ1n) is 7.92. The van der Waals surface area contributed by atoms with E-state index in [9.17, 15) is 4.39 Å². The number of hydrogen-bond donors (Lipinski definition) is 1. The molecular formula is C17H27FN2O. The molecular weight excluding hydrogens is 267 g/mol. The van der Waals surface area contributed by atoms with Crippen LogP contribution in [0.1, 0.15) is 51.1 Å². The second-order valence-corrected chi connectivity index (χ2v) is 5.98. The molecule has 2 N–H and O–H groups in total. The van der Waals surface area contributed by atoms with E-state index in [1.807, 2.05) is 0 Å². The van der Waals surface area contributed by atoms with Crippen LogP contribution < -0.4 is 10.5 Å². The molecule has 118 valence electrons. The van der Waals surface area contributed by atoms with Crippen LogP contribution in [0.4, 0.5) is 4.39 Å². The van der Waals surface area contributed by atoms with E-state index in [1.165, 1.54) is 25.3 Å². The lowest BCUT2D eigenvalue weighted by Gasteiger charge is -2.29. The Kier molecular flexibility index (Phi) is 5.59. The van der Waals surface area contributed by atoms with E-state index in [0.717, 1.165) is 13.0 Å². The lowest BCUT2D eigenvalue weighted by atomic mass is 10.0. The predicted molar refractivity (Wildman–Crippen MR) is 84.0 cm³/mol. The Balaban J connectivity index is 2.03. The van der Waals surface area contributed by atoms with Crippen LogP contribution in [0.5, 0.6) is 5.75 Å². The first kappa shape index (κ1) is 16.2. The third-order valence-electron chi connectivity index (χ3n) is 4.73. The minimum atomic E-state index is -0.327. The molecule has 0 radical (unpaired) electrons. The van der Waals surface area contributed by atoms with Crippen molar-refractivity contribution in [2.24, 2.45) is 5.73 Å². The molecule has 0 saturated carbocycles. The molecule has 1 aromatic carbocycles. The zero-order valence-electron chi connectivity index (χ0n) is 13.3. The maximum atomic E-state index is 14.0. The summed E-state index contributed by atoms with van der Waals surface area (Å²) in [4.78, 5) is 2.52. The topological polar surface area (TPSA) is 38.5 Å². The fourth-order valence-electron chi connectivity index (χ4n) is 3.45. The van der Waals surface area contributed by atoms with E-state index in [1.54, 1.807) is 19.2 Å². The third-order valence-corrected chi connectivity index (χ3v) is 4.73. The van der Waals surface area contributed by atoms with Crippen molar-refractivity contribution in [3.63, 3.8) is 0 Å². The Morgan fingerprint density at radius 2 is 2.19 bits per heavy atom. The van der Waals surface area contributed by atoms with Gasteiger partial charge in [0.15, 0.2) is 0 Å². The van der Waals surface area contributed by atoms with Crippen molar-refractivity contribution >= 4 is 0 Å². The standard InChI is InChI=1S/C17H27FN2O/c1-4-13-9-8-12(2)20(13)11-10-15(19)17-14(18)6-5-7-16(17)21-3/h5-7,12-13,15H,4,8-11,19H2,1-3H3. The number of hydrogen-bond acceptors (Lipinski definition) is 3. The number of benzene rings is 1. The number of likely N-dealkylation sites (tertiary alicyclic amines) is 1. The molecule has 0 aromatic heterocycles. The fraction of sp³-hybridized carbons (Fsp3) is 0.647. The van der Waals surface area contributed by atoms with Gasteiger partial charge in [0.25, 0.3) is 0 Å². The zero-order valence-corrected chi connectivity index (χ0v) is 13.3. The van der Waals surface area contributed by atoms with Crippen molar-refractivity contribution in [2.45, 2.75) is 57.7 Å². The summed E-state index contributed by atoms with van der Waals surface area (Å²) in [6.45, 7) is 5.42. The van der Waals surface area contributed by atoms with Gasteiger partial charge in [0.2, 0.25) is 0 Å². The van der Waals surface area contributed by atoms with Gasteiger partial charge < -0.3 is 10.5 Å². The highest BCUT2D eigenvalue weighted by Gasteiger charge is 2.29. The average Bonchev–Trinajstić information content (AvgIpc) is 2.84. The van der Waals surface area contributed by atoms with Crippen LogP contribution in [-0.4, -0.2) is 30.6 Å². The van der Waals surface area contributed by atoms with Crippen molar-refractivity contribution in [2.75, 3.05) is 13.7 Å². The van der Waals surface area contributed by atoms with Crippen molar-refractivity contribution in [3.8, 4) is 5.75 Å². The van der Waals surface area contributed by atoms with Crippen LogP contribution in [0, 0.1) is 5.82 Å². The molecule has 4 heteroatoms. The Hall–Kier alpha value is -1.13. The summed E-state index contributed by atoms with van der Waals surface area (Å²) in [7, 11) is 1.56. The largest absolute Gasteiger partial charge is 0.496 e. The number of halogens is 1. The van der Waals surface area contributed by atoms with Gasteiger partial charge in [-0.25, -0.2) is 4.39 Å². The number of nitrogens with zero attached hydrogens (tertiary/aromatic N) is 1. The van der Waals surface area contributed by atoms with E-state index in [-0.39, 0.29) is 11.9 Å². The molecule has 0 spiro atoms. The third kappa shape index (κ3) is 3.55. The summed E-state index contributed by atoms with van der Waals surface area (Å²) in [6.07, 6.45) is 4.42. The highest BCUT2D eigenvalue weighted by Crippen LogP contribution is 2.31. The molecule has 3 atom stereocenters. The molecule has 1 saturated heterocycles. The van der Waals surface area contributed by atoms with Crippen molar-refractivity contribution in [3.05, 3.63) is 29.6 Å². The molecule has 0 amide bonds. The van der Waals surface area contributed by atoms with Gasteiger partial charge in [0.1, 0.15) is 11.6 Å². The fourth-order valence-corrected chi connectivity index (χ4v) is 3.45. The van der Waals surface area contributed by atoms with Crippen LogP contribution in [0.3, 0.4) is 0 Å². The molecule has 0 aliphatic carbocycles. The molecule has 1 heterocycles. The summed E-state index contributed by atoms with van der Waals surface area (Å²) >= 11 is 0. The van der Waals surface area contributed by atoms with Gasteiger partial charge in [-0.15, -0.1) is 0 Å².